The molecule has 2 rings (SSSR count). The second-order valence-corrected chi connectivity index (χ2v) is 8.09. The lowest BCUT2D eigenvalue weighted by molar-refractivity contribution is 0.0835. The van der Waals surface area contributed by atoms with Crippen molar-refractivity contribution in [3.63, 3.8) is 0 Å². The highest BCUT2D eigenvalue weighted by molar-refractivity contribution is 7.90. The number of carbonyl (C=O) groups excluding carboxylic acids is 2. The molecular formula is C15H22ClN3O5S. The van der Waals surface area contributed by atoms with E-state index in [0.717, 1.165) is 4.31 Å². The Labute approximate surface area is 153 Å². The number of methoxy groups -OCH3 is 1. The van der Waals surface area contributed by atoms with Crippen molar-refractivity contribution in [3.05, 3.63) is 29.3 Å². The van der Waals surface area contributed by atoms with Gasteiger partial charge in [-0.2, -0.15) is 0 Å². The molecule has 0 saturated heterocycles. The molecule has 0 spiro atoms. The van der Waals surface area contributed by atoms with Gasteiger partial charge in [-0.25, -0.2) is 12.7 Å². The lowest BCUT2D eigenvalue weighted by Gasteiger charge is -2.18. The summed E-state index contributed by atoms with van der Waals surface area (Å²) in [7, 11) is -2.55. The Morgan fingerprint density at radius 3 is 2.56 bits per heavy atom. The maximum Gasteiger partial charge on any atom is 0.269 e. The summed E-state index contributed by atoms with van der Waals surface area (Å²) < 4.78 is 30.6. The molecule has 1 aromatic carbocycles. The molecule has 1 heterocycles. The van der Waals surface area contributed by atoms with E-state index in [0.29, 0.717) is 0 Å². The van der Waals surface area contributed by atoms with E-state index in [1.165, 1.54) is 25.3 Å². The second-order valence-electron chi connectivity index (χ2n) is 6.26. The Balaban J connectivity index is 0.00000312. The first-order valence-corrected chi connectivity index (χ1v) is 8.79. The molecule has 140 valence electrons. The van der Waals surface area contributed by atoms with Gasteiger partial charge in [-0.05, 0) is 32.0 Å². The fourth-order valence-electron chi connectivity index (χ4n) is 2.22. The third kappa shape index (κ3) is 4.49. The third-order valence-corrected chi connectivity index (χ3v) is 5.29. The Bertz CT molecular complexity index is 774. The summed E-state index contributed by atoms with van der Waals surface area (Å²) >= 11 is 0. The summed E-state index contributed by atoms with van der Waals surface area (Å²) in [5.41, 5.74) is 5.43. The van der Waals surface area contributed by atoms with Crippen LogP contribution < -0.4 is 11.1 Å². The number of carbonyl (C=O) groups is 2. The summed E-state index contributed by atoms with van der Waals surface area (Å²) in [6, 6.07) is 3.99. The number of sulfonamides is 1. The molecule has 1 aliphatic rings. The highest BCUT2D eigenvalue weighted by Gasteiger charge is 2.41. The quantitative estimate of drug-likeness (QED) is 0.723. The molecule has 0 saturated carbocycles. The second kappa shape index (κ2) is 7.69. The summed E-state index contributed by atoms with van der Waals surface area (Å²) in [4.78, 5) is 24.2. The predicted molar refractivity (Wildman–Crippen MR) is 94.4 cm³/mol. The van der Waals surface area contributed by atoms with Gasteiger partial charge in [0.1, 0.15) is 4.90 Å². The Kier molecular flexibility index (Phi) is 6.57. The monoisotopic (exact) mass is 391 g/mol. The molecule has 3 N–H and O–H groups in total. The average molecular weight is 392 g/mol. The van der Waals surface area contributed by atoms with Crippen LogP contribution >= 0.6 is 12.4 Å². The average Bonchev–Trinajstić information content (AvgIpc) is 2.69. The van der Waals surface area contributed by atoms with E-state index < -0.39 is 27.4 Å². The molecule has 10 heteroatoms. The van der Waals surface area contributed by atoms with Crippen LogP contribution in [0.3, 0.4) is 0 Å². The SMILES string of the molecule is COCCN1C(=O)c2ccc(C(=O)NCC(C)(C)N)cc2S1(=O)=O.Cl. The van der Waals surface area contributed by atoms with Crippen molar-refractivity contribution in [1.82, 2.24) is 9.62 Å². The van der Waals surface area contributed by atoms with Crippen molar-refractivity contribution in [3.8, 4) is 0 Å². The molecule has 1 aliphatic heterocycles. The smallest absolute Gasteiger partial charge is 0.269 e. The van der Waals surface area contributed by atoms with Crippen LogP contribution in [0.4, 0.5) is 0 Å². The molecule has 0 radical (unpaired) electrons. The summed E-state index contributed by atoms with van der Waals surface area (Å²) in [6.45, 7) is 3.77. The fourth-order valence-corrected chi connectivity index (χ4v) is 3.80. The van der Waals surface area contributed by atoms with Crippen LogP contribution in [0.1, 0.15) is 34.6 Å². The summed E-state index contributed by atoms with van der Waals surface area (Å²) in [6.07, 6.45) is 0. The van der Waals surface area contributed by atoms with E-state index in [-0.39, 0.29) is 48.1 Å². The molecule has 1 aromatic rings. The first kappa shape index (κ1) is 21.4. The zero-order valence-electron chi connectivity index (χ0n) is 14.2. The molecular weight excluding hydrogens is 370 g/mol. The molecule has 0 aliphatic carbocycles. The van der Waals surface area contributed by atoms with Crippen LogP contribution in [0.25, 0.3) is 0 Å². The van der Waals surface area contributed by atoms with E-state index in [9.17, 15) is 18.0 Å². The normalized spacial score (nSPS) is 15.5. The van der Waals surface area contributed by atoms with Gasteiger partial charge >= 0.3 is 0 Å². The number of amides is 2. The lowest BCUT2D eigenvalue weighted by Crippen LogP contribution is -2.45. The first-order valence-electron chi connectivity index (χ1n) is 7.35. The van der Waals surface area contributed by atoms with Crippen LogP contribution in [0.5, 0.6) is 0 Å². The van der Waals surface area contributed by atoms with E-state index in [2.05, 4.69) is 5.32 Å². The summed E-state index contributed by atoms with van der Waals surface area (Å²) in [5, 5.41) is 2.64. The van der Waals surface area contributed by atoms with E-state index in [4.69, 9.17) is 10.5 Å². The predicted octanol–water partition coefficient (Wildman–Crippen LogP) is 0.366. The van der Waals surface area contributed by atoms with Crippen molar-refractivity contribution in [2.24, 2.45) is 5.73 Å². The van der Waals surface area contributed by atoms with E-state index in [1.807, 2.05) is 0 Å². The minimum atomic E-state index is -3.97. The number of ether oxygens (including phenoxy) is 1. The van der Waals surface area contributed by atoms with E-state index >= 15 is 0 Å². The van der Waals surface area contributed by atoms with Crippen molar-refractivity contribution in [1.29, 1.82) is 0 Å². The number of nitrogens with zero attached hydrogens (tertiary/aromatic N) is 1. The molecule has 0 fully saturated rings. The van der Waals surface area contributed by atoms with Crippen LogP contribution in [-0.4, -0.2) is 56.9 Å². The molecule has 8 nitrogen and oxygen atoms in total. The highest BCUT2D eigenvalue weighted by atomic mass is 35.5. The number of nitrogens with two attached hydrogens (primary N) is 1. The maximum atomic E-state index is 12.5. The van der Waals surface area contributed by atoms with Gasteiger partial charge in [0, 0.05) is 24.8 Å². The number of fused-ring (bicyclic) bond motifs is 1. The van der Waals surface area contributed by atoms with Gasteiger partial charge < -0.3 is 15.8 Å². The molecule has 0 unspecified atom stereocenters. The minimum absolute atomic E-state index is 0. The van der Waals surface area contributed by atoms with Crippen molar-refractivity contribution in [2.75, 3.05) is 26.8 Å². The van der Waals surface area contributed by atoms with E-state index in [1.54, 1.807) is 13.8 Å². The number of rotatable bonds is 6. The largest absolute Gasteiger partial charge is 0.383 e. The van der Waals surface area contributed by atoms with Crippen LogP contribution in [0, 0.1) is 0 Å². The van der Waals surface area contributed by atoms with Gasteiger partial charge in [-0.3, -0.25) is 9.59 Å². The molecule has 0 atom stereocenters. The minimum Gasteiger partial charge on any atom is -0.383 e. The van der Waals surface area contributed by atoms with Gasteiger partial charge in [-0.15, -0.1) is 12.4 Å². The molecule has 0 bridgehead atoms. The van der Waals surface area contributed by atoms with Gasteiger partial charge in [0.2, 0.25) is 0 Å². The number of halogens is 1. The van der Waals surface area contributed by atoms with Crippen molar-refractivity contribution >= 4 is 34.2 Å². The number of nitrogens with one attached hydrogen (secondary N) is 1. The number of benzene rings is 1. The zero-order valence-corrected chi connectivity index (χ0v) is 15.9. The van der Waals surface area contributed by atoms with Crippen LogP contribution in [-0.2, 0) is 14.8 Å². The maximum absolute atomic E-state index is 12.5. The van der Waals surface area contributed by atoms with Crippen molar-refractivity contribution in [2.45, 2.75) is 24.3 Å². The van der Waals surface area contributed by atoms with Gasteiger partial charge in [-0.1, -0.05) is 0 Å². The molecule has 0 aromatic heterocycles. The number of hydrogen-bond donors (Lipinski definition) is 2. The van der Waals surface area contributed by atoms with Gasteiger partial charge in [0.25, 0.3) is 21.8 Å². The Morgan fingerprint density at radius 1 is 1.36 bits per heavy atom. The highest BCUT2D eigenvalue weighted by Crippen LogP contribution is 2.30. The van der Waals surface area contributed by atoms with Gasteiger partial charge in [0.15, 0.2) is 0 Å². The first-order chi connectivity index (χ1) is 11.1. The van der Waals surface area contributed by atoms with Gasteiger partial charge in [0.05, 0.1) is 18.7 Å². The number of hydrogen-bond acceptors (Lipinski definition) is 6. The molecule has 25 heavy (non-hydrogen) atoms. The standard InChI is InChI=1S/C15H21N3O5S.ClH/c1-15(2,16)9-17-13(19)10-4-5-11-12(8-10)24(21,22)18(14(11)20)6-7-23-3;/h4-5,8H,6-7,9,16H2,1-3H3,(H,17,19);1H. The summed E-state index contributed by atoms with van der Waals surface area (Å²) in [5.74, 6) is -1.06. The van der Waals surface area contributed by atoms with Crippen LogP contribution in [0.2, 0.25) is 0 Å². The van der Waals surface area contributed by atoms with Crippen LogP contribution in [0.15, 0.2) is 23.1 Å². The molecule has 2 amide bonds. The Hall–Kier alpha value is -1.68. The Morgan fingerprint density at radius 2 is 2.00 bits per heavy atom. The zero-order chi connectivity index (χ0) is 18.1. The van der Waals surface area contributed by atoms with Crippen molar-refractivity contribution < 1.29 is 22.7 Å². The topological polar surface area (TPSA) is 119 Å². The fraction of sp³-hybridized carbons (Fsp3) is 0.467. The lowest BCUT2D eigenvalue weighted by atomic mass is 10.1. The third-order valence-electron chi connectivity index (χ3n) is 3.47.